The van der Waals surface area contributed by atoms with Gasteiger partial charge in [-0.1, -0.05) is 30.3 Å². The molecule has 2 rings (SSSR count). The summed E-state index contributed by atoms with van der Waals surface area (Å²) < 4.78 is 76.6. The zero-order valence-corrected chi connectivity index (χ0v) is 14.1. The highest BCUT2D eigenvalue weighted by molar-refractivity contribution is 6.32. The quantitative estimate of drug-likeness (QED) is 0.705. The van der Waals surface area contributed by atoms with Gasteiger partial charge in [-0.3, -0.25) is 9.78 Å². The summed E-state index contributed by atoms with van der Waals surface area (Å²) in [6, 6.07) is 4.83. The monoisotopic (exact) mass is 408 g/mol. The van der Waals surface area contributed by atoms with E-state index in [1.807, 2.05) is 0 Å². The van der Waals surface area contributed by atoms with Gasteiger partial charge in [-0.05, 0) is 23.8 Å². The minimum atomic E-state index is -4.72. The maximum absolute atomic E-state index is 12.9. The van der Waals surface area contributed by atoms with Crippen molar-refractivity contribution in [3.05, 3.63) is 70.5 Å². The Morgan fingerprint density at radius 2 is 1.74 bits per heavy atom. The molecule has 0 atom stereocenters. The summed E-state index contributed by atoms with van der Waals surface area (Å²) in [5.74, 6) is -1.02. The zero-order valence-electron chi connectivity index (χ0n) is 13.4. The van der Waals surface area contributed by atoms with Gasteiger partial charge in [0.05, 0.1) is 27.4 Å². The fraction of sp³-hybridized carbons (Fsp3) is 0.176. The third-order valence-electron chi connectivity index (χ3n) is 3.44. The number of hydrogen-bond acceptors (Lipinski definition) is 2. The molecule has 0 spiro atoms. The summed E-state index contributed by atoms with van der Waals surface area (Å²) in [6.07, 6.45) is -8.80. The highest BCUT2D eigenvalue weighted by atomic mass is 35.5. The molecule has 0 aliphatic heterocycles. The van der Waals surface area contributed by atoms with Crippen molar-refractivity contribution in [2.45, 2.75) is 12.4 Å². The molecular weight excluding hydrogens is 398 g/mol. The van der Waals surface area contributed by atoms with Crippen molar-refractivity contribution in [2.24, 2.45) is 0 Å². The second-order valence-corrected chi connectivity index (χ2v) is 5.79. The lowest BCUT2D eigenvalue weighted by Gasteiger charge is -2.14. The smallest absolute Gasteiger partial charge is 0.348 e. The lowest BCUT2D eigenvalue weighted by molar-refractivity contribution is -0.138. The van der Waals surface area contributed by atoms with Gasteiger partial charge in [-0.2, -0.15) is 26.3 Å². The molecule has 3 nitrogen and oxygen atoms in total. The van der Waals surface area contributed by atoms with Crippen LogP contribution in [0, 0.1) is 0 Å². The lowest BCUT2D eigenvalue weighted by Crippen LogP contribution is -2.27. The normalized spacial score (nSPS) is 12.0. The summed E-state index contributed by atoms with van der Waals surface area (Å²) in [7, 11) is 0. The van der Waals surface area contributed by atoms with Gasteiger partial charge in [-0.15, -0.1) is 0 Å². The van der Waals surface area contributed by atoms with Gasteiger partial charge in [0, 0.05) is 12.7 Å². The van der Waals surface area contributed by atoms with Crippen LogP contribution in [0.15, 0.2) is 43.1 Å². The molecule has 0 aliphatic carbocycles. The Bertz CT molecular complexity index is 876. The number of carbonyl (C=O) groups excluding carboxylic acids is 1. The number of amides is 1. The molecule has 1 aromatic carbocycles. The number of benzene rings is 1. The molecule has 27 heavy (non-hydrogen) atoms. The maximum atomic E-state index is 12.9. The summed E-state index contributed by atoms with van der Waals surface area (Å²) in [5, 5.41) is 1.87. The van der Waals surface area contributed by atoms with E-state index in [-0.39, 0.29) is 22.8 Å². The Labute approximate surface area is 154 Å². The number of halogens is 7. The van der Waals surface area contributed by atoms with Crippen LogP contribution in [-0.2, 0) is 12.4 Å². The number of carbonyl (C=O) groups is 1. The molecule has 0 saturated heterocycles. The molecule has 10 heteroatoms. The predicted octanol–water partition coefficient (Wildman–Crippen LogP) is 5.22. The number of alkyl halides is 6. The largest absolute Gasteiger partial charge is 0.417 e. The number of pyridine rings is 1. The van der Waals surface area contributed by atoms with Crippen molar-refractivity contribution in [2.75, 3.05) is 6.54 Å². The fourth-order valence-electron chi connectivity index (χ4n) is 2.15. The van der Waals surface area contributed by atoms with Crippen molar-refractivity contribution in [1.82, 2.24) is 10.3 Å². The lowest BCUT2D eigenvalue weighted by atomic mass is 10.1. The van der Waals surface area contributed by atoms with Gasteiger partial charge >= 0.3 is 12.4 Å². The molecule has 1 heterocycles. The van der Waals surface area contributed by atoms with Crippen molar-refractivity contribution in [1.29, 1.82) is 0 Å². The topological polar surface area (TPSA) is 42.0 Å². The van der Waals surface area contributed by atoms with Crippen LogP contribution in [0.3, 0.4) is 0 Å². The molecule has 0 fully saturated rings. The minimum Gasteiger partial charge on any atom is -0.348 e. The Morgan fingerprint density at radius 3 is 2.30 bits per heavy atom. The molecule has 144 valence electrons. The average molecular weight is 409 g/mol. The predicted molar refractivity (Wildman–Crippen MR) is 87.1 cm³/mol. The van der Waals surface area contributed by atoms with Crippen LogP contribution in [-0.4, -0.2) is 17.4 Å². The summed E-state index contributed by atoms with van der Waals surface area (Å²) in [5.41, 5.74) is -2.84. The first-order valence-electron chi connectivity index (χ1n) is 7.26. The van der Waals surface area contributed by atoms with Crippen molar-refractivity contribution < 1.29 is 31.1 Å². The molecule has 2 aromatic rings. The molecule has 1 aromatic heterocycles. The number of nitrogens with zero attached hydrogens (tertiary/aromatic N) is 1. The number of nitrogens with one attached hydrogen (secondary N) is 1. The Morgan fingerprint density at radius 1 is 1.11 bits per heavy atom. The summed E-state index contributed by atoms with van der Waals surface area (Å²) >= 11 is 5.76. The third kappa shape index (κ3) is 5.00. The molecule has 0 unspecified atom stereocenters. The van der Waals surface area contributed by atoms with Crippen molar-refractivity contribution in [3.8, 4) is 0 Å². The molecule has 0 aliphatic rings. The first-order valence-corrected chi connectivity index (χ1v) is 7.64. The summed E-state index contributed by atoms with van der Waals surface area (Å²) in [6.45, 7) is 3.19. The molecular formula is C17H11ClF6N2O. The van der Waals surface area contributed by atoms with E-state index in [1.54, 1.807) is 0 Å². The zero-order chi connectivity index (χ0) is 20.4. The second kappa shape index (κ2) is 7.59. The Hall–Kier alpha value is -2.55. The van der Waals surface area contributed by atoms with Crippen molar-refractivity contribution in [3.63, 3.8) is 0 Å². The van der Waals surface area contributed by atoms with Gasteiger partial charge < -0.3 is 5.32 Å². The van der Waals surface area contributed by atoms with Crippen LogP contribution in [0.5, 0.6) is 0 Å². The van der Waals surface area contributed by atoms with Crippen LogP contribution in [0.2, 0.25) is 5.02 Å². The SMILES string of the molecule is C=C(CNC(=O)c1ccccc1C(F)(F)F)c1ncc(C(F)(F)F)cc1Cl. The standard InChI is InChI=1S/C17H11ClF6N2O/c1-9(14-13(18)6-10(8-25-14)16(19,20)21)7-26-15(27)11-4-2-3-5-12(11)17(22,23)24/h2-6,8H,1,7H2,(H,26,27). The highest BCUT2D eigenvalue weighted by Gasteiger charge is 2.35. The van der Waals surface area contributed by atoms with Crippen LogP contribution < -0.4 is 5.32 Å². The Balaban J connectivity index is 2.14. The van der Waals surface area contributed by atoms with E-state index in [4.69, 9.17) is 11.6 Å². The van der Waals surface area contributed by atoms with Gasteiger partial charge in [-0.25, -0.2) is 0 Å². The van der Waals surface area contributed by atoms with E-state index in [9.17, 15) is 31.1 Å². The molecule has 1 N–H and O–H groups in total. The van der Waals surface area contributed by atoms with E-state index in [2.05, 4.69) is 16.9 Å². The van der Waals surface area contributed by atoms with E-state index >= 15 is 0 Å². The minimum absolute atomic E-state index is 0.0339. The Kier molecular flexibility index (Phi) is 5.84. The van der Waals surface area contributed by atoms with Crippen LogP contribution in [0.1, 0.15) is 27.2 Å². The van der Waals surface area contributed by atoms with Gasteiger partial charge in [0.2, 0.25) is 0 Å². The molecule has 1 amide bonds. The fourth-order valence-corrected chi connectivity index (χ4v) is 2.45. The van der Waals surface area contributed by atoms with Crippen LogP contribution in [0.4, 0.5) is 26.3 Å². The number of rotatable bonds is 4. The van der Waals surface area contributed by atoms with E-state index in [0.717, 1.165) is 18.2 Å². The summed E-state index contributed by atoms with van der Waals surface area (Å²) in [4.78, 5) is 15.6. The van der Waals surface area contributed by atoms with E-state index < -0.39 is 35.0 Å². The molecule has 0 saturated carbocycles. The third-order valence-corrected chi connectivity index (χ3v) is 3.73. The van der Waals surface area contributed by atoms with Crippen LogP contribution >= 0.6 is 11.6 Å². The highest BCUT2D eigenvalue weighted by Crippen LogP contribution is 2.33. The first-order chi connectivity index (χ1) is 12.4. The van der Waals surface area contributed by atoms with Gasteiger partial charge in [0.1, 0.15) is 0 Å². The van der Waals surface area contributed by atoms with Gasteiger partial charge in [0.25, 0.3) is 5.91 Å². The van der Waals surface area contributed by atoms with E-state index in [0.29, 0.717) is 12.3 Å². The molecule has 0 radical (unpaired) electrons. The number of aromatic nitrogens is 1. The van der Waals surface area contributed by atoms with Crippen molar-refractivity contribution >= 4 is 23.1 Å². The van der Waals surface area contributed by atoms with Crippen LogP contribution in [0.25, 0.3) is 5.57 Å². The average Bonchev–Trinajstić information content (AvgIpc) is 2.57. The maximum Gasteiger partial charge on any atom is 0.417 e. The second-order valence-electron chi connectivity index (χ2n) is 5.38. The molecule has 0 bridgehead atoms. The van der Waals surface area contributed by atoms with Gasteiger partial charge in [0.15, 0.2) is 0 Å². The van der Waals surface area contributed by atoms with E-state index in [1.165, 1.54) is 6.07 Å². The number of hydrogen-bond donors (Lipinski definition) is 1. The first kappa shape index (κ1) is 20.8.